The van der Waals surface area contributed by atoms with Gasteiger partial charge in [0.15, 0.2) is 0 Å². The van der Waals surface area contributed by atoms with Crippen molar-refractivity contribution in [2.45, 2.75) is 125 Å². The maximum Gasteiger partial charge on any atom is 0.0852 e. The Kier molecular flexibility index (Phi) is 4.87. The highest BCUT2D eigenvalue weighted by atomic mass is 16.3. The van der Waals surface area contributed by atoms with E-state index in [1.54, 1.807) is 0 Å². The number of aliphatic hydroxyl groups is 2. The molecule has 0 radical (unpaired) electrons. The van der Waals surface area contributed by atoms with Gasteiger partial charge in [0.25, 0.3) is 0 Å². The lowest BCUT2D eigenvalue weighted by atomic mass is 9.33. The van der Waals surface area contributed by atoms with Crippen molar-refractivity contribution in [1.29, 1.82) is 0 Å². The topological polar surface area (TPSA) is 40.5 Å². The second kappa shape index (κ2) is 6.66. The van der Waals surface area contributed by atoms with E-state index in [9.17, 15) is 10.2 Å². The van der Waals surface area contributed by atoms with Crippen molar-refractivity contribution in [2.24, 2.45) is 50.2 Å². The maximum absolute atomic E-state index is 11.0. The summed E-state index contributed by atoms with van der Waals surface area (Å²) < 4.78 is 0. The van der Waals surface area contributed by atoms with Gasteiger partial charge in [-0.15, -0.1) is 0 Å². The molecule has 0 bridgehead atoms. The fraction of sp³-hybridized carbons (Fsp3) is 0.933. The Bertz CT molecular complexity index is 825. The molecular formula is C30H50O2. The van der Waals surface area contributed by atoms with Gasteiger partial charge in [-0.1, -0.05) is 67.0 Å². The number of fused-ring (bicyclic) bond motifs is 7. The van der Waals surface area contributed by atoms with Crippen molar-refractivity contribution in [1.82, 2.24) is 0 Å². The molecule has 0 aromatic heterocycles. The normalized spacial score (nSPS) is 56.2. The zero-order valence-corrected chi connectivity index (χ0v) is 22.2. The van der Waals surface area contributed by atoms with Crippen molar-refractivity contribution in [2.75, 3.05) is 0 Å². The third kappa shape index (κ3) is 2.78. The summed E-state index contributed by atoms with van der Waals surface area (Å²) in [6.45, 7) is 19.8. The molecule has 4 saturated carbocycles. The summed E-state index contributed by atoms with van der Waals surface area (Å²) in [6, 6.07) is 0. The largest absolute Gasteiger partial charge is 0.390 e. The molecule has 5 rings (SSSR count). The molecule has 4 fully saturated rings. The second-order valence-corrected chi connectivity index (χ2v) is 15.4. The number of aliphatic hydroxyl groups excluding tert-OH is 2. The molecular weight excluding hydrogens is 392 g/mol. The number of hydrogen-bond donors (Lipinski definition) is 2. The second-order valence-electron chi connectivity index (χ2n) is 15.4. The van der Waals surface area contributed by atoms with Gasteiger partial charge >= 0.3 is 0 Å². The molecule has 9 atom stereocenters. The molecule has 32 heavy (non-hydrogen) atoms. The van der Waals surface area contributed by atoms with Crippen molar-refractivity contribution in [3.8, 4) is 0 Å². The molecule has 0 aliphatic heterocycles. The minimum absolute atomic E-state index is 0.0901. The van der Waals surface area contributed by atoms with Crippen LogP contribution in [0.25, 0.3) is 0 Å². The quantitative estimate of drug-likeness (QED) is 0.391. The van der Waals surface area contributed by atoms with Gasteiger partial charge in [0.05, 0.1) is 12.2 Å². The first-order valence-corrected chi connectivity index (χ1v) is 13.7. The Morgan fingerprint density at radius 1 is 0.781 bits per heavy atom. The van der Waals surface area contributed by atoms with Crippen LogP contribution in [0.4, 0.5) is 0 Å². The predicted molar refractivity (Wildman–Crippen MR) is 132 cm³/mol. The van der Waals surface area contributed by atoms with E-state index in [0.717, 1.165) is 12.3 Å². The lowest BCUT2D eigenvalue weighted by molar-refractivity contribution is -0.231. The fourth-order valence-electron chi connectivity index (χ4n) is 10.7. The van der Waals surface area contributed by atoms with Crippen LogP contribution in [0.15, 0.2) is 11.6 Å². The Morgan fingerprint density at radius 2 is 1.44 bits per heavy atom. The Hall–Kier alpha value is -0.340. The summed E-state index contributed by atoms with van der Waals surface area (Å²) >= 11 is 0. The van der Waals surface area contributed by atoms with Gasteiger partial charge in [0.1, 0.15) is 0 Å². The minimum Gasteiger partial charge on any atom is -0.390 e. The van der Waals surface area contributed by atoms with Gasteiger partial charge < -0.3 is 10.2 Å². The van der Waals surface area contributed by atoms with E-state index in [1.807, 2.05) is 5.57 Å². The van der Waals surface area contributed by atoms with Crippen LogP contribution in [0.3, 0.4) is 0 Å². The molecule has 0 saturated heterocycles. The van der Waals surface area contributed by atoms with E-state index < -0.39 is 12.2 Å². The standard InChI is InChI=1S/C30H50O2/c1-25(2)13-14-27(5)15-16-29(7)19(20(27)17-25)9-10-23-28(6)18-21(31)24(32)26(3,4)22(28)11-12-30(23,29)8/h9,20-24,31-32H,10-18H2,1-8H3/t20-,21-,22?,23-,24-,27-,28+,29-,30-/m1/s1. The summed E-state index contributed by atoms with van der Waals surface area (Å²) in [5.74, 6) is 1.81. The van der Waals surface area contributed by atoms with Crippen LogP contribution in [0.2, 0.25) is 0 Å². The summed E-state index contributed by atoms with van der Waals surface area (Å²) in [5, 5.41) is 21.9. The van der Waals surface area contributed by atoms with E-state index in [2.05, 4.69) is 61.5 Å². The summed E-state index contributed by atoms with van der Waals surface area (Å²) in [7, 11) is 0. The molecule has 2 heteroatoms. The Labute approximate surface area is 197 Å². The molecule has 5 aliphatic rings. The average Bonchev–Trinajstić information content (AvgIpc) is 2.68. The van der Waals surface area contributed by atoms with E-state index >= 15 is 0 Å². The number of allylic oxidation sites excluding steroid dienone is 2. The molecule has 1 unspecified atom stereocenters. The zero-order chi connectivity index (χ0) is 23.5. The molecule has 5 aliphatic carbocycles. The van der Waals surface area contributed by atoms with Gasteiger partial charge in [-0.2, -0.15) is 0 Å². The van der Waals surface area contributed by atoms with Crippen LogP contribution in [0.5, 0.6) is 0 Å². The van der Waals surface area contributed by atoms with Crippen LogP contribution in [0, 0.1) is 50.2 Å². The minimum atomic E-state index is -0.602. The van der Waals surface area contributed by atoms with E-state index in [4.69, 9.17) is 0 Å². The summed E-state index contributed by atoms with van der Waals surface area (Å²) in [6.07, 6.45) is 12.7. The van der Waals surface area contributed by atoms with Crippen LogP contribution >= 0.6 is 0 Å². The van der Waals surface area contributed by atoms with E-state index in [1.165, 1.54) is 51.4 Å². The highest BCUT2D eigenvalue weighted by Gasteiger charge is 2.68. The third-order valence-corrected chi connectivity index (χ3v) is 13.0. The predicted octanol–water partition coefficient (Wildman–Crippen LogP) is 7.14. The molecule has 0 aromatic rings. The SMILES string of the molecule is CC1(C)CC[C@]2(C)CC[C@]3(C)C(=CC[C@@H]4[C@@]5(C)C[C@@H](O)[C@@H](O)C(C)(C)C5CC[C@]43C)[C@H]2C1. The highest BCUT2D eigenvalue weighted by Crippen LogP contribution is 2.75. The Morgan fingerprint density at radius 3 is 2.12 bits per heavy atom. The van der Waals surface area contributed by atoms with Crippen LogP contribution < -0.4 is 0 Å². The molecule has 0 heterocycles. The smallest absolute Gasteiger partial charge is 0.0852 e. The van der Waals surface area contributed by atoms with Crippen LogP contribution in [-0.2, 0) is 0 Å². The van der Waals surface area contributed by atoms with Gasteiger partial charge in [-0.25, -0.2) is 0 Å². The molecule has 2 N–H and O–H groups in total. The molecule has 0 amide bonds. The van der Waals surface area contributed by atoms with Gasteiger partial charge in [-0.05, 0) is 108 Å². The summed E-state index contributed by atoms with van der Waals surface area (Å²) in [4.78, 5) is 0. The first-order chi connectivity index (χ1) is 14.6. The van der Waals surface area contributed by atoms with Crippen molar-refractivity contribution < 1.29 is 10.2 Å². The first-order valence-electron chi connectivity index (χ1n) is 13.7. The van der Waals surface area contributed by atoms with Gasteiger partial charge in [-0.3, -0.25) is 0 Å². The third-order valence-electron chi connectivity index (χ3n) is 13.0. The van der Waals surface area contributed by atoms with Gasteiger partial charge in [0.2, 0.25) is 0 Å². The zero-order valence-electron chi connectivity index (χ0n) is 22.2. The lowest BCUT2D eigenvalue weighted by Crippen LogP contribution is -2.66. The van der Waals surface area contributed by atoms with Crippen LogP contribution in [-0.4, -0.2) is 22.4 Å². The van der Waals surface area contributed by atoms with E-state index in [-0.39, 0.29) is 21.7 Å². The van der Waals surface area contributed by atoms with Crippen molar-refractivity contribution in [3.63, 3.8) is 0 Å². The fourth-order valence-corrected chi connectivity index (χ4v) is 10.7. The lowest BCUT2D eigenvalue weighted by Gasteiger charge is -2.71. The monoisotopic (exact) mass is 442 g/mol. The highest BCUT2D eigenvalue weighted by molar-refractivity contribution is 5.33. The molecule has 0 aromatic carbocycles. The maximum atomic E-state index is 11.0. The molecule has 0 spiro atoms. The van der Waals surface area contributed by atoms with Crippen molar-refractivity contribution in [3.05, 3.63) is 11.6 Å². The summed E-state index contributed by atoms with van der Waals surface area (Å²) in [5.41, 5.74) is 3.17. The van der Waals surface area contributed by atoms with Crippen LogP contribution in [0.1, 0.15) is 113 Å². The Balaban J connectivity index is 1.58. The van der Waals surface area contributed by atoms with Crippen molar-refractivity contribution >= 4 is 0 Å². The first kappa shape index (κ1) is 23.4. The van der Waals surface area contributed by atoms with Gasteiger partial charge in [0, 0.05) is 0 Å². The molecule has 182 valence electrons. The number of hydrogen-bond acceptors (Lipinski definition) is 2. The van der Waals surface area contributed by atoms with E-state index in [0.29, 0.717) is 22.7 Å². The molecule has 2 nitrogen and oxygen atoms in total. The average molecular weight is 443 g/mol. The number of rotatable bonds is 0.